The fraction of sp³-hybridized carbons (Fsp3) is 0.600. The third-order valence-corrected chi connectivity index (χ3v) is 4.37. The lowest BCUT2D eigenvalue weighted by molar-refractivity contribution is -0.117. The molecule has 2 fully saturated rings. The molecule has 1 saturated carbocycles. The van der Waals surface area contributed by atoms with Gasteiger partial charge in [-0.25, -0.2) is 4.98 Å². The minimum Gasteiger partial charge on any atom is -0.317 e. The van der Waals surface area contributed by atoms with Crippen LogP contribution in [0.2, 0.25) is 0 Å². The molecule has 3 rings (SSSR count). The van der Waals surface area contributed by atoms with E-state index >= 15 is 0 Å². The minimum atomic E-state index is 0.119. The molecule has 2 aliphatic rings. The molecule has 4 heteroatoms. The van der Waals surface area contributed by atoms with E-state index in [9.17, 15) is 4.79 Å². The standard InChI is InChI=1S/C15H21N3O/c1-15(6-8-16-9-7-15)12-4-5-13(17-10-12)18-14(19)11-2-3-11/h4-5,10-11,16H,2-3,6-9H2,1H3,(H,17,18,19). The predicted molar refractivity (Wildman–Crippen MR) is 75.0 cm³/mol. The molecule has 0 aromatic carbocycles. The van der Waals surface area contributed by atoms with Crippen LogP contribution in [0.15, 0.2) is 18.3 Å². The van der Waals surface area contributed by atoms with Crippen molar-refractivity contribution in [3.05, 3.63) is 23.9 Å². The molecule has 102 valence electrons. The van der Waals surface area contributed by atoms with Crippen LogP contribution < -0.4 is 10.6 Å². The first kappa shape index (κ1) is 12.6. The second-order valence-corrected chi connectivity index (χ2v) is 6.01. The first-order valence-corrected chi connectivity index (χ1v) is 7.15. The SMILES string of the molecule is CC1(c2ccc(NC(=O)C3CC3)nc2)CCNCC1. The predicted octanol–water partition coefficient (Wildman–Crippen LogP) is 2.07. The Morgan fingerprint density at radius 1 is 1.37 bits per heavy atom. The third-order valence-electron chi connectivity index (χ3n) is 4.37. The number of pyridine rings is 1. The van der Waals surface area contributed by atoms with Crippen molar-refractivity contribution in [3.63, 3.8) is 0 Å². The van der Waals surface area contributed by atoms with Crippen LogP contribution in [0.25, 0.3) is 0 Å². The first-order valence-electron chi connectivity index (χ1n) is 7.15. The second kappa shape index (κ2) is 4.93. The Balaban J connectivity index is 1.69. The van der Waals surface area contributed by atoms with Gasteiger partial charge in [0.05, 0.1) is 0 Å². The zero-order chi connectivity index (χ0) is 13.3. The summed E-state index contributed by atoms with van der Waals surface area (Å²) in [7, 11) is 0. The molecule has 0 bridgehead atoms. The number of rotatable bonds is 3. The van der Waals surface area contributed by atoms with Gasteiger partial charge in [-0.3, -0.25) is 4.79 Å². The van der Waals surface area contributed by atoms with E-state index in [1.165, 1.54) is 5.56 Å². The Hall–Kier alpha value is -1.42. The average molecular weight is 259 g/mol. The maximum absolute atomic E-state index is 11.7. The van der Waals surface area contributed by atoms with Crippen LogP contribution in [-0.2, 0) is 10.2 Å². The van der Waals surface area contributed by atoms with Gasteiger partial charge in [0.25, 0.3) is 0 Å². The van der Waals surface area contributed by atoms with Crippen LogP contribution in [0.4, 0.5) is 5.82 Å². The number of nitrogens with zero attached hydrogens (tertiary/aromatic N) is 1. The molecule has 0 spiro atoms. The van der Waals surface area contributed by atoms with Crippen LogP contribution in [0.1, 0.15) is 38.2 Å². The molecule has 4 nitrogen and oxygen atoms in total. The monoisotopic (exact) mass is 259 g/mol. The van der Waals surface area contributed by atoms with E-state index in [1.54, 1.807) is 0 Å². The van der Waals surface area contributed by atoms with Gasteiger partial charge < -0.3 is 10.6 Å². The van der Waals surface area contributed by atoms with E-state index in [2.05, 4.69) is 28.6 Å². The summed E-state index contributed by atoms with van der Waals surface area (Å²) in [4.78, 5) is 16.1. The number of anilines is 1. The number of aromatic nitrogens is 1. The van der Waals surface area contributed by atoms with Crippen molar-refractivity contribution in [2.45, 2.75) is 38.0 Å². The molecule has 19 heavy (non-hydrogen) atoms. The van der Waals surface area contributed by atoms with Gasteiger partial charge in [-0.1, -0.05) is 13.0 Å². The maximum atomic E-state index is 11.7. The lowest BCUT2D eigenvalue weighted by Crippen LogP contribution is -2.37. The highest BCUT2D eigenvalue weighted by molar-refractivity contribution is 5.93. The van der Waals surface area contributed by atoms with Crippen LogP contribution in [0.5, 0.6) is 0 Å². The Morgan fingerprint density at radius 3 is 2.68 bits per heavy atom. The highest BCUT2D eigenvalue weighted by Gasteiger charge is 2.31. The Morgan fingerprint density at radius 2 is 2.11 bits per heavy atom. The molecule has 2 heterocycles. The number of hydrogen-bond acceptors (Lipinski definition) is 3. The summed E-state index contributed by atoms with van der Waals surface area (Å²) in [5.41, 5.74) is 1.50. The van der Waals surface area contributed by atoms with Crippen LogP contribution >= 0.6 is 0 Å². The molecular formula is C15H21N3O. The molecule has 0 unspecified atom stereocenters. The van der Waals surface area contributed by atoms with Gasteiger partial charge in [0, 0.05) is 12.1 Å². The number of amides is 1. The van der Waals surface area contributed by atoms with Crippen molar-refractivity contribution in [3.8, 4) is 0 Å². The highest BCUT2D eigenvalue weighted by Crippen LogP contribution is 2.33. The largest absolute Gasteiger partial charge is 0.317 e. The summed E-state index contributed by atoms with van der Waals surface area (Å²) in [6, 6.07) is 4.05. The normalized spacial score (nSPS) is 21.9. The molecule has 1 amide bonds. The molecule has 1 aliphatic carbocycles. The minimum absolute atomic E-state index is 0.119. The molecule has 1 saturated heterocycles. The number of piperidine rings is 1. The maximum Gasteiger partial charge on any atom is 0.228 e. The number of hydrogen-bond donors (Lipinski definition) is 2. The summed E-state index contributed by atoms with van der Waals surface area (Å²) in [5, 5.41) is 6.27. The van der Waals surface area contributed by atoms with E-state index < -0.39 is 0 Å². The van der Waals surface area contributed by atoms with Crippen molar-refractivity contribution in [2.24, 2.45) is 5.92 Å². The zero-order valence-electron chi connectivity index (χ0n) is 11.4. The first-order chi connectivity index (χ1) is 9.17. The molecule has 1 aromatic rings. The molecule has 2 N–H and O–H groups in total. The fourth-order valence-corrected chi connectivity index (χ4v) is 2.67. The van der Waals surface area contributed by atoms with Gasteiger partial charge in [0.2, 0.25) is 5.91 Å². The highest BCUT2D eigenvalue weighted by atomic mass is 16.2. The van der Waals surface area contributed by atoms with E-state index in [0.29, 0.717) is 5.82 Å². The molecular weight excluding hydrogens is 238 g/mol. The van der Waals surface area contributed by atoms with Crippen LogP contribution in [0.3, 0.4) is 0 Å². The van der Waals surface area contributed by atoms with E-state index in [-0.39, 0.29) is 17.2 Å². The molecule has 1 aromatic heterocycles. The van der Waals surface area contributed by atoms with Gasteiger partial charge in [0.1, 0.15) is 5.82 Å². The summed E-state index contributed by atoms with van der Waals surface area (Å²) in [6.45, 7) is 4.43. The quantitative estimate of drug-likeness (QED) is 0.873. The van der Waals surface area contributed by atoms with E-state index in [1.807, 2.05) is 12.3 Å². The van der Waals surface area contributed by atoms with Crippen molar-refractivity contribution < 1.29 is 4.79 Å². The van der Waals surface area contributed by atoms with Crippen molar-refractivity contribution in [1.82, 2.24) is 10.3 Å². The summed E-state index contributed by atoms with van der Waals surface area (Å²) in [6.07, 6.45) is 6.25. The van der Waals surface area contributed by atoms with Gasteiger partial charge in [-0.05, 0) is 55.8 Å². The second-order valence-electron chi connectivity index (χ2n) is 6.01. The summed E-state index contributed by atoms with van der Waals surface area (Å²) in [5.74, 6) is 1.02. The Kier molecular flexibility index (Phi) is 3.27. The summed E-state index contributed by atoms with van der Waals surface area (Å²) >= 11 is 0. The molecule has 0 radical (unpaired) electrons. The number of carbonyl (C=O) groups excluding carboxylic acids is 1. The van der Waals surface area contributed by atoms with E-state index in [4.69, 9.17) is 0 Å². The summed E-state index contributed by atoms with van der Waals surface area (Å²) < 4.78 is 0. The third kappa shape index (κ3) is 2.78. The molecule has 1 aliphatic heterocycles. The number of carbonyl (C=O) groups is 1. The number of nitrogens with one attached hydrogen (secondary N) is 2. The van der Waals surface area contributed by atoms with Crippen molar-refractivity contribution in [1.29, 1.82) is 0 Å². The van der Waals surface area contributed by atoms with Gasteiger partial charge in [-0.15, -0.1) is 0 Å². The smallest absolute Gasteiger partial charge is 0.228 e. The lowest BCUT2D eigenvalue weighted by Gasteiger charge is -2.34. The average Bonchev–Trinajstić information content (AvgIpc) is 3.24. The van der Waals surface area contributed by atoms with Gasteiger partial charge >= 0.3 is 0 Å². The Labute approximate surface area is 114 Å². The fourth-order valence-electron chi connectivity index (χ4n) is 2.67. The topological polar surface area (TPSA) is 54.0 Å². The van der Waals surface area contributed by atoms with Crippen LogP contribution in [0, 0.1) is 5.92 Å². The van der Waals surface area contributed by atoms with E-state index in [0.717, 1.165) is 38.8 Å². The van der Waals surface area contributed by atoms with Crippen molar-refractivity contribution >= 4 is 11.7 Å². The van der Waals surface area contributed by atoms with Crippen LogP contribution in [-0.4, -0.2) is 24.0 Å². The molecule has 0 atom stereocenters. The Bertz CT molecular complexity index is 459. The van der Waals surface area contributed by atoms with Crippen molar-refractivity contribution in [2.75, 3.05) is 18.4 Å². The zero-order valence-corrected chi connectivity index (χ0v) is 11.4. The van der Waals surface area contributed by atoms with Gasteiger partial charge in [0.15, 0.2) is 0 Å². The lowest BCUT2D eigenvalue weighted by atomic mass is 9.76. The van der Waals surface area contributed by atoms with Gasteiger partial charge in [-0.2, -0.15) is 0 Å².